The summed E-state index contributed by atoms with van der Waals surface area (Å²) in [5, 5.41) is 13.9. The lowest BCUT2D eigenvalue weighted by Gasteiger charge is -2.28. The summed E-state index contributed by atoms with van der Waals surface area (Å²) in [6, 6.07) is 11.3. The van der Waals surface area contributed by atoms with Gasteiger partial charge in [0, 0.05) is 6.07 Å². The second kappa shape index (κ2) is 5.86. The zero-order valence-electron chi connectivity index (χ0n) is 11.9. The topological polar surface area (TPSA) is 41.5 Å². The van der Waals surface area contributed by atoms with Gasteiger partial charge < -0.3 is 15.2 Å². The molecule has 2 N–H and O–H groups in total. The molecule has 1 aliphatic rings. The summed E-state index contributed by atoms with van der Waals surface area (Å²) in [4.78, 5) is 0. The van der Waals surface area contributed by atoms with E-state index in [1.54, 1.807) is 13.2 Å². The Morgan fingerprint density at radius 2 is 2.10 bits per heavy atom. The molecule has 0 bridgehead atoms. The van der Waals surface area contributed by atoms with Gasteiger partial charge in [-0.05, 0) is 54.7 Å². The van der Waals surface area contributed by atoms with Crippen molar-refractivity contribution in [3.63, 3.8) is 0 Å². The molecule has 0 heterocycles. The molecule has 2 aromatic rings. The fourth-order valence-electron chi connectivity index (χ4n) is 2.87. The Labute approximate surface area is 129 Å². The Balaban J connectivity index is 1.91. The summed E-state index contributed by atoms with van der Waals surface area (Å²) in [6.45, 7) is 0. The summed E-state index contributed by atoms with van der Waals surface area (Å²) in [5.74, 6) is 1.08. The smallest absolute Gasteiger partial charge is 0.121 e. The number of ether oxygens (including phenoxy) is 1. The van der Waals surface area contributed by atoms with Gasteiger partial charge in [-0.1, -0.05) is 17.7 Å². The van der Waals surface area contributed by atoms with Gasteiger partial charge in [-0.3, -0.25) is 0 Å². The van der Waals surface area contributed by atoms with Crippen molar-refractivity contribution in [1.82, 2.24) is 0 Å². The van der Waals surface area contributed by atoms with E-state index in [4.69, 9.17) is 16.3 Å². The van der Waals surface area contributed by atoms with Crippen molar-refractivity contribution in [3.05, 3.63) is 52.5 Å². The third-order valence-corrected chi connectivity index (χ3v) is 4.28. The molecule has 0 saturated carbocycles. The van der Waals surface area contributed by atoms with Crippen LogP contribution >= 0.6 is 11.6 Å². The van der Waals surface area contributed by atoms with Crippen molar-refractivity contribution < 1.29 is 9.84 Å². The van der Waals surface area contributed by atoms with Crippen LogP contribution in [0.1, 0.15) is 30.0 Å². The number of aryl methyl sites for hydroxylation is 1. The fourth-order valence-corrected chi connectivity index (χ4v) is 3.04. The molecular formula is C17H18ClNO2. The average Bonchev–Trinajstić information content (AvgIpc) is 2.50. The number of hydrogen-bond donors (Lipinski definition) is 2. The Kier molecular flexibility index (Phi) is 3.93. The van der Waals surface area contributed by atoms with E-state index in [1.165, 1.54) is 5.56 Å². The first-order chi connectivity index (χ1) is 10.2. The molecule has 3 rings (SSSR count). The number of rotatable bonds is 3. The number of phenols is 1. The van der Waals surface area contributed by atoms with Crippen LogP contribution in [0, 0.1) is 0 Å². The van der Waals surface area contributed by atoms with Crippen molar-refractivity contribution in [2.75, 3.05) is 12.4 Å². The Morgan fingerprint density at radius 1 is 1.24 bits per heavy atom. The summed E-state index contributed by atoms with van der Waals surface area (Å²) in [7, 11) is 1.64. The molecule has 3 nitrogen and oxygen atoms in total. The van der Waals surface area contributed by atoms with Crippen molar-refractivity contribution >= 4 is 17.3 Å². The minimum Gasteiger partial charge on any atom is -0.508 e. The highest BCUT2D eigenvalue weighted by molar-refractivity contribution is 6.33. The molecular weight excluding hydrogens is 286 g/mol. The highest BCUT2D eigenvalue weighted by Crippen LogP contribution is 2.37. The number of benzene rings is 2. The van der Waals surface area contributed by atoms with E-state index < -0.39 is 0 Å². The summed E-state index contributed by atoms with van der Waals surface area (Å²) < 4.78 is 5.25. The van der Waals surface area contributed by atoms with Crippen LogP contribution in [-0.4, -0.2) is 12.2 Å². The largest absolute Gasteiger partial charge is 0.508 e. The number of halogens is 1. The third-order valence-electron chi connectivity index (χ3n) is 3.95. The molecule has 0 saturated heterocycles. The highest BCUT2D eigenvalue weighted by Gasteiger charge is 2.21. The number of phenolic OH excluding ortho intramolecular Hbond substituents is 1. The molecule has 4 heteroatoms. The second-order valence-electron chi connectivity index (χ2n) is 5.32. The fraction of sp³-hybridized carbons (Fsp3) is 0.294. The molecule has 0 fully saturated rings. The van der Waals surface area contributed by atoms with Gasteiger partial charge in [0.05, 0.1) is 23.9 Å². The van der Waals surface area contributed by atoms with Gasteiger partial charge in [0.1, 0.15) is 11.5 Å². The van der Waals surface area contributed by atoms with Crippen LogP contribution in [0.2, 0.25) is 5.02 Å². The summed E-state index contributed by atoms with van der Waals surface area (Å²) in [6.07, 6.45) is 3.20. The zero-order chi connectivity index (χ0) is 14.8. The van der Waals surface area contributed by atoms with Gasteiger partial charge in [-0.15, -0.1) is 0 Å². The van der Waals surface area contributed by atoms with Crippen LogP contribution in [0.4, 0.5) is 5.69 Å². The van der Waals surface area contributed by atoms with Crippen LogP contribution in [0.15, 0.2) is 36.4 Å². The molecule has 0 radical (unpaired) electrons. The number of hydrogen-bond acceptors (Lipinski definition) is 3. The van der Waals surface area contributed by atoms with Crippen LogP contribution in [0.25, 0.3) is 0 Å². The first-order valence-electron chi connectivity index (χ1n) is 7.09. The molecule has 110 valence electrons. The Morgan fingerprint density at radius 3 is 2.90 bits per heavy atom. The van der Waals surface area contributed by atoms with Gasteiger partial charge in [-0.25, -0.2) is 0 Å². The number of methoxy groups -OCH3 is 1. The van der Waals surface area contributed by atoms with Gasteiger partial charge >= 0.3 is 0 Å². The molecule has 1 aliphatic carbocycles. The Hall–Kier alpha value is -1.87. The molecule has 1 atom stereocenters. The number of nitrogens with one attached hydrogen (secondary N) is 1. The number of anilines is 1. The van der Waals surface area contributed by atoms with E-state index >= 15 is 0 Å². The van der Waals surface area contributed by atoms with E-state index in [0.29, 0.717) is 10.8 Å². The maximum absolute atomic E-state index is 9.74. The summed E-state index contributed by atoms with van der Waals surface area (Å²) >= 11 is 6.26. The van der Waals surface area contributed by atoms with Gasteiger partial charge in [0.15, 0.2) is 0 Å². The van der Waals surface area contributed by atoms with E-state index in [0.717, 1.165) is 36.3 Å². The monoisotopic (exact) mass is 303 g/mol. The predicted molar refractivity (Wildman–Crippen MR) is 85.4 cm³/mol. The normalized spacial score (nSPS) is 17.1. The highest BCUT2D eigenvalue weighted by atomic mass is 35.5. The lowest BCUT2D eigenvalue weighted by molar-refractivity contribution is 0.415. The molecule has 21 heavy (non-hydrogen) atoms. The second-order valence-corrected chi connectivity index (χ2v) is 5.73. The molecule has 0 spiro atoms. The number of fused-ring (bicyclic) bond motifs is 1. The maximum atomic E-state index is 9.74. The van der Waals surface area contributed by atoms with Crippen molar-refractivity contribution in [3.8, 4) is 11.5 Å². The molecule has 0 amide bonds. The van der Waals surface area contributed by atoms with Crippen LogP contribution in [0.3, 0.4) is 0 Å². The first-order valence-corrected chi connectivity index (χ1v) is 7.47. The quantitative estimate of drug-likeness (QED) is 0.874. The SMILES string of the molecule is COc1ccc(Cl)c(NC2CCCc3ccc(O)cc32)c1. The maximum Gasteiger partial charge on any atom is 0.121 e. The Bertz CT molecular complexity index is 657. The van der Waals surface area contributed by atoms with Gasteiger partial charge in [0.2, 0.25) is 0 Å². The van der Waals surface area contributed by atoms with Crippen molar-refractivity contribution in [2.24, 2.45) is 0 Å². The van der Waals surface area contributed by atoms with Crippen molar-refractivity contribution in [2.45, 2.75) is 25.3 Å². The minimum atomic E-state index is 0.158. The molecule has 0 aliphatic heterocycles. The van der Waals surface area contributed by atoms with Gasteiger partial charge in [-0.2, -0.15) is 0 Å². The van der Waals surface area contributed by atoms with Crippen LogP contribution in [0.5, 0.6) is 11.5 Å². The van der Waals surface area contributed by atoms with Gasteiger partial charge in [0.25, 0.3) is 0 Å². The predicted octanol–water partition coefficient (Wildman–Crippen LogP) is 4.54. The lowest BCUT2D eigenvalue weighted by Crippen LogP contribution is -2.17. The van der Waals surface area contributed by atoms with Crippen LogP contribution in [-0.2, 0) is 6.42 Å². The lowest BCUT2D eigenvalue weighted by atomic mass is 9.87. The third kappa shape index (κ3) is 2.93. The van der Waals surface area contributed by atoms with E-state index in [9.17, 15) is 5.11 Å². The summed E-state index contributed by atoms with van der Waals surface area (Å²) in [5.41, 5.74) is 3.30. The van der Waals surface area contributed by atoms with Crippen LogP contribution < -0.4 is 10.1 Å². The molecule has 0 aromatic heterocycles. The van der Waals surface area contributed by atoms with Crippen molar-refractivity contribution in [1.29, 1.82) is 0 Å². The van der Waals surface area contributed by atoms with E-state index in [1.807, 2.05) is 30.3 Å². The molecule has 2 aromatic carbocycles. The molecule has 1 unspecified atom stereocenters. The zero-order valence-corrected chi connectivity index (χ0v) is 12.7. The van der Waals surface area contributed by atoms with E-state index in [2.05, 4.69) is 5.32 Å². The minimum absolute atomic E-state index is 0.158. The van der Waals surface area contributed by atoms with E-state index in [-0.39, 0.29) is 6.04 Å². The number of aromatic hydroxyl groups is 1. The first kappa shape index (κ1) is 14.1. The average molecular weight is 304 g/mol. The standard InChI is InChI=1S/C17H18ClNO2/c1-21-13-7-8-15(18)17(10-13)19-16-4-2-3-11-5-6-12(20)9-14(11)16/h5-10,16,19-20H,2-4H2,1H3.